The predicted octanol–water partition coefficient (Wildman–Crippen LogP) is 2.79. The smallest absolute Gasteiger partial charge is 0.239 e. The van der Waals surface area contributed by atoms with Gasteiger partial charge in [-0.05, 0) is 30.6 Å². The van der Waals surface area contributed by atoms with Crippen LogP contribution in [0.15, 0.2) is 0 Å². The van der Waals surface area contributed by atoms with E-state index in [-0.39, 0.29) is 11.9 Å². The van der Waals surface area contributed by atoms with Crippen molar-refractivity contribution in [3.8, 4) is 0 Å². The van der Waals surface area contributed by atoms with Gasteiger partial charge in [0.15, 0.2) is 0 Å². The fraction of sp³-hybridized carbons (Fsp3) is 0.933. The maximum absolute atomic E-state index is 12.2. The van der Waals surface area contributed by atoms with Crippen molar-refractivity contribution in [1.29, 1.82) is 0 Å². The molecule has 0 radical (unpaired) electrons. The summed E-state index contributed by atoms with van der Waals surface area (Å²) in [7, 11) is 0. The van der Waals surface area contributed by atoms with Crippen molar-refractivity contribution in [2.75, 3.05) is 13.1 Å². The van der Waals surface area contributed by atoms with Gasteiger partial charge in [0.2, 0.25) is 5.91 Å². The van der Waals surface area contributed by atoms with Crippen LogP contribution in [-0.2, 0) is 4.79 Å². The molecular weight excluding hydrogens is 224 g/mol. The van der Waals surface area contributed by atoms with E-state index in [9.17, 15) is 4.79 Å². The zero-order valence-corrected chi connectivity index (χ0v) is 12.5. The number of piperidine rings is 1. The van der Waals surface area contributed by atoms with Crippen LogP contribution in [0, 0.1) is 11.3 Å². The first-order chi connectivity index (χ1) is 8.36. The molecule has 1 fully saturated rings. The molecule has 1 aliphatic heterocycles. The van der Waals surface area contributed by atoms with E-state index in [4.69, 9.17) is 5.73 Å². The Morgan fingerprint density at radius 1 is 1.33 bits per heavy atom. The predicted molar refractivity (Wildman–Crippen MR) is 76.3 cm³/mol. The van der Waals surface area contributed by atoms with Crippen LogP contribution in [-0.4, -0.2) is 29.9 Å². The lowest BCUT2D eigenvalue weighted by atomic mass is 9.75. The van der Waals surface area contributed by atoms with Gasteiger partial charge in [0, 0.05) is 13.1 Å². The largest absolute Gasteiger partial charge is 0.341 e. The molecule has 1 atom stereocenters. The molecule has 0 spiro atoms. The number of nitrogens with two attached hydrogens (primary N) is 1. The summed E-state index contributed by atoms with van der Waals surface area (Å²) in [5.74, 6) is 0.893. The van der Waals surface area contributed by atoms with E-state index in [1.165, 1.54) is 0 Å². The average molecular weight is 254 g/mol. The summed E-state index contributed by atoms with van der Waals surface area (Å²) < 4.78 is 0. The zero-order chi connectivity index (χ0) is 13.8. The number of rotatable bonds is 4. The van der Waals surface area contributed by atoms with E-state index in [1.54, 1.807) is 0 Å². The molecule has 0 saturated carbocycles. The number of unbranched alkanes of at least 4 members (excludes halogenated alkanes) is 1. The van der Waals surface area contributed by atoms with Gasteiger partial charge in [-0.15, -0.1) is 0 Å². The molecule has 1 saturated heterocycles. The van der Waals surface area contributed by atoms with Crippen molar-refractivity contribution in [3.63, 3.8) is 0 Å². The number of amides is 1. The number of nitrogens with zero attached hydrogens (tertiary/aromatic N) is 1. The second-order valence-electron chi connectivity index (χ2n) is 6.71. The van der Waals surface area contributed by atoms with Crippen LogP contribution in [0.1, 0.15) is 59.8 Å². The topological polar surface area (TPSA) is 46.3 Å². The molecule has 3 nitrogen and oxygen atoms in total. The molecular formula is C15H30N2O. The van der Waals surface area contributed by atoms with Crippen LogP contribution in [0.4, 0.5) is 0 Å². The van der Waals surface area contributed by atoms with Crippen LogP contribution in [0.25, 0.3) is 0 Å². The molecule has 3 heteroatoms. The normalized spacial score (nSPS) is 19.9. The van der Waals surface area contributed by atoms with Crippen molar-refractivity contribution in [2.24, 2.45) is 17.1 Å². The lowest BCUT2D eigenvalue weighted by molar-refractivity contribution is -0.134. The maximum Gasteiger partial charge on any atom is 0.239 e. The van der Waals surface area contributed by atoms with Gasteiger partial charge < -0.3 is 10.6 Å². The quantitative estimate of drug-likeness (QED) is 0.838. The number of hydrogen-bond donors (Lipinski definition) is 1. The molecule has 1 aliphatic rings. The third-order valence-corrected chi connectivity index (χ3v) is 4.22. The van der Waals surface area contributed by atoms with Crippen LogP contribution < -0.4 is 5.73 Å². The first kappa shape index (κ1) is 15.5. The molecule has 18 heavy (non-hydrogen) atoms. The maximum atomic E-state index is 12.2. The minimum absolute atomic E-state index is 0.163. The number of hydrogen-bond acceptors (Lipinski definition) is 2. The van der Waals surface area contributed by atoms with Gasteiger partial charge in [-0.25, -0.2) is 0 Å². The van der Waals surface area contributed by atoms with Crippen LogP contribution >= 0.6 is 0 Å². The van der Waals surface area contributed by atoms with E-state index < -0.39 is 0 Å². The third kappa shape index (κ3) is 4.27. The van der Waals surface area contributed by atoms with Gasteiger partial charge in [0.25, 0.3) is 0 Å². The van der Waals surface area contributed by atoms with Crippen molar-refractivity contribution < 1.29 is 4.79 Å². The van der Waals surface area contributed by atoms with Gasteiger partial charge in [-0.1, -0.05) is 40.5 Å². The van der Waals surface area contributed by atoms with Gasteiger partial charge in [0.1, 0.15) is 0 Å². The summed E-state index contributed by atoms with van der Waals surface area (Å²) in [4.78, 5) is 14.1. The first-order valence-electron chi connectivity index (χ1n) is 7.40. The van der Waals surface area contributed by atoms with Crippen LogP contribution in [0.3, 0.4) is 0 Å². The number of likely N-dealkylation sites (tertiary alicyclic amines) is 1. The Kier molecular flexibility index (Phi) is 5.64. The van der Waals surface area contributed by atoms with Gasteiger partial charge >= 0.3 is 0 Å². The zero-order valence-electron chi connectivity index (χ0n) is 12.5. The Morgan fingerprint density at radius 2 is 1.89 bits per heavy atom. The van der Waals surface area contributed by atoms with Gasteiger partial charge in [0.05, 0.1) is 6.04 Å². The Hall–Kier alpha value is -0.570. The molecule has 1 amide bonds. The lowest BCUT2D eigenvalue weighted by Gasteiger charge is -2.39. The van der Waals surface area contributed by atoms with E-state index in [2.05, 4.69) is 27.7 Å². The van der Waals surface area contributed by atoms with Gasteiger partial charge in [-0.3, -0.25) is 4.79 Å². The monoisotopic (exact) mass is 254 g/mol. The molecule has 0 aromatic rings. The summed E-state index contributed by atoms with van der Waals surface area (Å²) in [6.07, 6.45) is 5.22. The Labute approximate surface area is 112 Å². The summed E-state index contributed by atoms with van der Waals surface area (Å²) in [6, 6.07) is -0.281. The minimum atomic E-state index is -0.281. The average Bonchev–Trinajstić information content (AvgIpc) is 2.34. The van der Waals surface area contributed by atoms with Crippen molar-refractivity contribution in [2.45, 2.75) is 65.8 Å². The molecule has 0 aromatic carbocycles. The summed E-state index contributed by atoms with van der Waals surface area (Å²) in [5.41, 5.74) is 6.32. The molecule has 1 rings (SSSR count). The van der Waals surface area contributed by atoms with E-state index in [0.717, 1.165) is 51.1 Å². The van der Waals surface area contributed by atoms with E-state index >= 15 is 0 Å². The third-order valence-electron chi connectivity index (χ3n) is 4.22. The summed E-state index contributed by atoms with van der Waals surface area (Å²) in [6.45, 7) is 10.8. The lowest BCUT2D eigenvalue weighted by Crippen LogP contribution is -2.48. The molecule has 2 N–H and O–H groups in total. The number of carbonyl (C=O) groups excluding carboxylic acids is 1. The fourth-order valence-electron chi connectivity index (χ4n) is 2.75. The van der Waals surface area contributed by atoms with Crippen molar-refractivity contribution in [3.05, 3.63) is 0 Å². The van der Waals surface area contributed by atoms with Gasteiger partial charge in [-0.2, -0.15) is 0 Å². The standard InChI is InChI=1S/C15H30N2O/c1-5-6-7-13(16)14(18)17-10-8-12(9-11-17)15(2,3)4/h12-13H,5-11,16H2,1-4H3/t13-/m0/s1. The molecule has 0 unspecified atom stereocenters. The molecule has 0 aliphatic carbocycles. The van der Waals surface area contributed by atoms with E-state index in [0.29, 0.717) is 5.41 Å². The molecule has 106 valence electrons. The van der Waals surface area contributed by atoms with Crippen LogP contribution in [0.2, 0.25) is 0 Å². The minimum Gasteiger partial charge on any atom is -0.341 e. The highest BCUT2D eigenvalue weighted by atomic mass is 16.2. The molecule has 0 bridgehead atoms. The summed E-state index contributed by atoms with van der Waals surface area (Å²) in [5, 5.41) is 0. The number of carbonyl (C=O) groups is 1. The second kappa shape index (κ2) is 6.55. The first-order valence-corrected chi connectivity index (χ1v) is 7.40. The highest BCUT2D eigenvalue weighted by Crippen LogP contribution is 2.34. The van der Waals surface area contributed by atoms with Crippen molar-refractivity contribution in [1.82, 2.24) is 4.90 Å². The highest BCUT2D eigenvalue weighted by molar-refractivity contribution is 5.81. The SMILES string of the molecule is CCCC[C@H](N)C(=O)N1CCC(C(C)(C)C)CC1. The summed E-state index contributed by atoms with van der Waals surface area (Å²) >= 11 is 0. The fourth-order valence-corrected chi connectivity index (χ4v) is 2.75. The Balaban J connectivity index is 2.40. The molecule has 1 heterocycles. The second-order valence-corrected chi connectivity index (χ2v) is 6.71. The Morgan fingerprint density at radius 3 is 2.33 bits per heavy atom. The Bertz CT molecular complexity index is 262. The van der Waals surface area contributed by atoms with Crippen molar-refractivity contribution >= 4 is 5.91 Å². The highest BCUT2D eigenvalue weighted by Gasteiger charge is 2.31. The van der Waals surface area contributed by atoms with E-state index in [1.807, 2.05) is 4.90 Å². The molecule has 0 aromatic heterocycles. The van der Waals surface area contributed by atoms with Crippen LogP contribution in [0.5, 0.6) is 0 Å².